The Morgan fingerprint density at radius 2 is 0.602 bits per heavy atom. The lowest BCUT2D eigenvalue weighted by Crippen LogP contribution is -2.64. The van der Waals surface area contributed by atoms with Crippen molar-refractivity contribution in [2.45, 2.75) is 113 Å². The molecular formula is C78H74N10O10. The van der Waals surface area contributed by atoms with Crippen molar-refractivity contribution < 1.29 is 48.6 Å². The molecule has 0 saturated carbocycles. The van der Waals surface area contributed by atoms with Crippen molar-refractivity contribution in [3.63, 3.8) is 0 Å². The molecule has 3 aliphatic heterocycles. The Hall–Kier alpha value is -11.8. The van der Waals surface area contributed by atoms with E-state index in [0.717, 1.165) is 44.1 Å². The molecule has 0 bridgehead atoms. The average Bonchev–Trinajstić information content (AvgIpc) is 0.801. The van der Waals surface area contributed by atoms with Gasteiger partial charge in [0.05, 0.1) is 0 Å². The molecular weight excluding hydrogens is 1240 g/mol. The summed E-state index contributed by atoms with van der Waals surface area (Å²) in [7, 11) is 0. The van der Waals surface area contributed by atoms with Gasteiger partial charge in [0.15, 0.2) is 0 Å². The molecule has 0 spiro atoms. The number of carbonyl (C=O) groups is 8. The molecule has 1 fully saturated rings. The van der Waals surface area contributed by atoms with E-state index >= 15 is 38.4 Å². The van der Waals surface area contributed by atoms with Gasteiger partial charge in [0.1, 0.15) is 59.8 Å². The second-order valence-electron chi connectivity index (χ2n) is 25.5. The van der Waals surface area contributed by atoms with Crippen molar-refractivity contribution in [2.24, 2.45) is 0 Å². The number of phenols is 2. The number of nitrogens with one attached hydrogen (secondary N) is 8. The number of phenolic OH excluding ortho intramolecular Hbond substituents is 2. The summed E-state index contributed by atoms with van der Waals surface area (Å²) in [5.41, 5.74) is 8.19. The molecule has 3 aliphatic rings. The Labute approximate surface area is 565 Å². The number of aromatic hydroxyl groups is 2. The molecule has 10 aromatic rings. The van der Waals surface area contributed by atoms with Crippen LogP contribution >= 0.6 is 0 Å². The highest BCUT2D eigenvalue weighted by Gasteiger charge is 2.44. The average molecular weight is 1310 g/mol. The Bertz CT molecular complexity index is 4310. The fraction of sp³-hybridized carbons (Fsp3) is 0.231. The zero-order valence-corrected chi connectivity index (χ0v) is 53.5. The minimum absolute atomic E-state index is 0.00355. The van der Waals surface area contributed by atoms with Gasteiger partial charge >= 0.3 is 0 Å². The number of carbonyl (C=O) groups excluding carboxylic acids is 8. The van der Waals surface area contributed by atoms with Crippen LogP contribution in [-0.4, -0.2) is 126 Å². The fourth-order valence-corrected chi connectivity index (χ4v) is 13.7. The predicted molar refractivity (Wildman–Crippen MR) is 368 cm³/mol. The first-order chi connectivity index (χ1) is 47.6. The van der Waals surface area contributed by atoms with E-state index < -0.39 is 95.6 Å². The normalized spacial score (nSPS) is 21.4. The second-order valence-corrected chi connectivity index (χ2v) is 25.5. The van der Waals surface area contributed by atoms with E-state index in [-0.39, 0.29) is 76.0 Å². The second kappa shape index (κ2) is 29.0. The van der Waals surface area contributed by atoms with Crippen molar-refractivity contribution in [1.29, 1.82) is 0 Å². The lowest BCUT2D eigenvalue weighted by atomic mass is 9.91. The molecule has 1 saturated heterocycles. The van der Waals surface area contributed by atoms with Crippen molar-refractivity contribution >= 4 is 69.1 Å². The first-order valence-corrected chi connectivity index (χ1v) is 32.9. The smallest absolute Gasteiger partial charge is 0.246 e. The topological polar surface area (TPSA) is 287 Å². The molecule has 10 N–H and O–H groups in total. The summed E-state index contributed by atoms with van der Waals surface area (Å²) in [5, 5.41) is 40.4. The van der Waals surface area contributed by atoms with Crippen LogP contribution in [0, 0.1) is 0 Å². The van der Waals surface area contributed by atoms with E-state index in [4.69, 9.17) is 0 Å². The Kier molecular flexibility index (Phi) is 19.2. The zero-order valence-electron chi connectivity index (χ0n) is 53.5. The predicted octanol–water partition coefficient (Wildman–Crippen LogP) is 6.65. The Morgan fingerprint density at radius 1 is 0.306 bits per heavy atom. The van der Waals surface area contributed by atoms with Crippen LogP contribution in [0.25, 0.3) is 21.8 Å². The highest BCUT2D eigenvalue weighted by Crippen LogP contribution is 2.30. The van der Waals surface area contributed by atoms with Crippen LogP contribution in [0.15, 0.2) is 219 Å². The lowest BCUT2D eigenvalue weighted by molar-refractivity contribution is -0.146. The van der Waals surface area contributed by atoms with Gasteiger partial charge in [0.25, 0.3) is 0 Å². The van der Waals surface area contributed by atoms with Gasteiger partial charge in [-0.2, -0.15) is 0 Å². The van der Waals surface area contributed by atoms with Gasteiger partial charge in [0.2, 0.25) is 47.3 Å². The van der Waals surface area contributed by atoms with Gasteiger partial charge in [0, 0.05) is 98.7 Å². The first-order valence-electron chi connectivity index (χ1n) is 32.9. The highest BCUT2D eigenvalue weighted by molar-refractivity contribution is 6.00. The van der Waals surface area contributed by atoms with Gasteiger partial charge < -0.3 is 61.9 Å². The molecule has 20 heteroatoms. The lowest BCUT2D eigenvalue weighted by Gasteiger charge is -2.39. The molecule has 2 aromatic heterocycles. The Balaban J connectivity index is 0.949. The van der Waals surface area contributed by atoms with E-state index in [2.05, 4.69) is 41.9 Å². The number of H-pyrrole nitrogens is 2. The third kappa shape index (κ3) is 14.8. The molecule has 496 valence electrons. The fourth-order valence-electron chi connectivity index (χ4n) is 13.7. The number of amides is 8. The van der Waals surface area contributed by atoms with E-state index in [0.29, 0.717) is 33.4 Å². The molecule has 0 unspecified atom stereocenters. The van der Waals surface area contributed by atoms with Crippen LogP contribution in [0.2, 0.25) is 0 Å². The number of nitrogens with zero attached hydrogens (tertiary/aromatic N) is 2. The summed E-state index contributed by atoms with van der Waals surface area (Å²) in [6.45, 7) is -0.177. The quantitative estimate of drug-likeness (QED) is 0.0622. The van der Waals surface area contributed by atoms with Gasteiger partial charge in [-0.3, -0.25) is 38.4 Å². The summed E-state index contributed by atoms with van der Waals surface area (Å²) >= 11 is 0. The summed E-state index contributed by atoms with van der Waals surface area (Å²) in [5.74, 6) is -5.92. The maximum Gasteiger partial charge on any atom is 0.246 e. The number of benzene rings is 8. The molecule has 8 amide bonds. The van der Waals surface area contributed by atoms with E-state index in [1.54, 1.807) is 85.2 Å². The van der Waals surface area contributed by atoms with Crippen molar-refractivity contribution in [2.75, 3.05) is 0 Å². The maximum absolute atomic E-state index is 16.1. The minimum atomic E-state index is -1.45. The SMILES string of the molecule is O=C1N[C@@H](Cc2c[nH]c3ccccc23)C(=O)N2Cc3ccccc3C[C@H]2C(=O)N[C@@H](Cc2ccccc2)C(=O)N[C@@H](Cc2ccc(O)cc2)C(=O)N[C@@H](Cc2c[nH]c3ccccc23)C(=O)N2Cc3ccccc3C[C@H]2C(=O)N[C@@H](Cc2ccccc2)C(=O)N[C@H]1Cc1ccc(O)cc1. The Morgan fingerprint density at radius 3 is 0.969 bits per heavy atom. The third-order valence-corrected chi connectivity index (χ3v) is 18.9. The van der Waals surface area contributed by atoms with Crippen molar-refractivity contribution in [3.8, 4) is 11.5 Å². The number of rotatable bonds is 12. The number of hydrogen-bond donors (Lipinski definition) is 10. The zero-order chi connectivity index (χ0) is 67.8. The molecule has 8 aromatic carbocycles. The van der Waals surface area contributed by atoms with E-state index in [1.165, 1.54) is 34.1 Å². The number of aromatic nitrogens is 2. The summed E-state index contributed by atoms with van der Waals surface area (Å²) < 4.78 is 0. The van der Waals surface area contributed by atoms with Crippen LogP contribution in [0.3, 0.4) is 0 Å². The summed E-state index contributed by atoms with van der Waals surface area (Å²) in [6, 6.07) is 48.9. The van der Waals surface area contributed by atoms with Crippen LogP contribution in [0.1, 0.15) is 55.6 Å². The van der Waals surface area contributed by atoms with Crippen molar-refractivity contribution in [3.05, 3.63) is 274 Å². The largest absolute Gasteiger partial charge is 0.508 e. The molecule has 0 aliphatic carbocycles. The first kappa shape index (κ1) is 64.9. The van der Waals surface area contributed by atoms with Crippen LogP contribution in [0.5, 0.6) is 11.5 Å². The van der Waals surface area contributed by atoms with E-state index in [1.807, 2.05) is 109 Å². The van der Waals surface area contributed by atoms with Crippen molar-refractivity contribution in [1.82, 2.24) is 51.7 Å². The van der Waals surface area contributed by atoms with Crippen LogP contribution in [-0.2, 0) is 103 Å². The maximum atomic E-state index is 16.1. The number of hydrogen-bond acceptors (Lipinski definition) is 10. The number of aromatic amines is 2. The van der Waals surface area contributed by atoms with Crippen LogP contribution in [0.4, 0.5) is 0 Å². The van der Waals surface area contributed by atoms with E-state index in [9.17, 15) is 10.2 Å². The third-order valence-electron chi connectivity index (χ3n) is 18.9. The molecule has 20 nitrogen and oxygen atoms in total. The summed E-state index contributed by atoms with van der Waals surface area (Å²) in [4.78, 5) is 135. The van der Waals surface area contributed by atoms with Gasteiger partial charge in [-0.1, -0.05) is 170 Å². The molecule has 8 atom stereocenters. The van der Waals surface area contributed by atoms with Gasteiger partial charge in [-0.25, -0.2) is 0 Å². The van der Waals surface area contributed by atoms with Crippen LogP contribution < -0.4 is 31.9 Å². The van der Waals surface area contributed by atoms with Gasteiger partial charge in [-0.15, -0.1) is 0 Å². The monoisotopic (exact) mass is 1310 g/mol. The number of fused-ring (bicyclic) bond motifs is 6. The molecule has 5 heterocycles. The molecule has 13 rings (SSSR count). The molecule has 98 heavy (non-hydrogen) atoms. The minimum Gasteiger partial charge on any atom is -0.508 e. The summed E-state index contributed by atoms with van der Waals surface area (Å²) in [6.07, 6.45) is 2.83. The van der Waals surface area contributed by atoms with Gasteiger partial charge in [-0.05, 0) is 92.0 Å². The number of para-hydroxylation sites is 2. The molecule has 0 radical (unpaired) electrons. The highest BCUT2D eigenvalue weighted by atomic mass is 16.3. The standard InChI is InChI=1S/C78H74N10O10/c89-57-31-27-49(28-32-57)37-63-73(93)85-68(40-56-44-80-62-26-14-12-24-60(56)62)78(98)88-46-54-22-10-8-20-52(54)42-70(88)76(96)84-66(36-48-17-5-2-6-18-48)72(92)82-64(38-50-29-33-58(90)34-30-50)74(94)86-67(39-55-43-79-61-25-13-11-23-59(55)61)77(97)87-45-53-21-9-7-19-51(53)41-69(87)75(95)83-65(71(91)81-63)35-47-15-3-1-4-16-47/h1-34,43-44,63-70,79-80,89-90H,35-42,45-46H2,(H,81,91)(H,82,92)(H,83,95)(H,84,96)(H,85,93)(H,86,94)/t63-,64-,65-,66-,67-,68-,69-,70-/m0/s1.